The number of esters is 1. The van der Waals surface area contributed by atoms with Crippen molar-refractivity contribution in [2.75, 3.05) is 7.11 Å². The molecule has 0 saturated heterocycles. The van der Waals surface area contributed by atoms with Crippen LogP contribution in [0, 0.1) is 20.8 Å². The molecule has 1 aromatic carbocycles. The zero-order valence-electron chi connectivity index (χ0n) is 17.5. The van der Waals surface area contributed by atoms with E-state index in [0.717, 1.165) is 5.56 Å². The number of nitrogens with one attached hydrogen (secondary N) is 1. The number of H-pyrrole nitrogens is 1. The number of hydrogen-bond donors (Lipinski definition) is 1. The summed E-state index contributed by atoms with van der Waals surface area (Å²) in [7, 11) is 1.29. The van der Waals surface area contributed by atoms with Crippen molar-refractivity contribution in [3.63, 3.8) is 0 Å². The van der Waals surface area contributed by atoms with Crippen molar-refractivity contribution in [3.8, 4) is 0 Å². The molecular weight excluding hydrogens is 356 g/mol. The molecule has 0 saturated carbocycles. The Bertz CT molecular complexity index is 894. The number of carbonyl (C=O) groups excluding carboxylic acids is 3. The van der Waals surface area contributed by atoms with Crippen LogP contribution in [0.5, 0.6) is 0 Å². The lowest BCUT2D eigenvalue weighted by molar-refractivity contribution is 0.0565. The van der Waals surface area contributed by atoms with Crippen LogP contribution >= 0.6 is 0 Å². The SMILES string of the molecule is COC(=O)c1[nH]c(C)c(C(=O)[C@H](C)N(C(=O)c2ccc(C)cc2)C(C)C)c1C. The van der Waals surface area contributed by atoms with Crippen LogP contribution in [0.15, 0.2) is 24.3 Å². The van der Waals surface area contributed by atoms with Gasteiger partial charge in [-0.2, -0.15) is 0 Å². The van der Waals surface area contributed by atoms with Gasteiger partial charge in [0.2, 0.25) is 0 Å². The fourth-order valence-corrected chi connectivity index (χ4v) is 3.46. The van der Waals surface area contributed by atoms with Gasteiger partial charge in [0.05, 0.1) is 13.2 Å². The maximum Gasteiger partial charge on any atom is 0.354 e. The van der Waals surface area contributed by atoms with Crippen molar-refractivity contribution < 1.29 is 19.1 Å². The van der Waals surface area contributed by atoms with Crippen molar-refractivity contribution in [1.29, 1.82) is 0 Å². The molecule has 0 spiro atoms. The van der Waals surface area contributed by atoms with E-state index in [2.05, 4.69) is 4.98 Å². The summed E-state index contributed by atoms with van der Waals surface area (Å²) in [6.07, 6.45) is 0. The molecule has 0 unspecified atom stereocenters. The molecule has 0 radical (unpaired) electrons. The molecule has 1 heterocycles. The van der Waals surface area contributed by atoms with Gasteiger partial charge in [-0.05, 0) is 59.2 Å². The topological polar surface area (TPSA) is 79.5 Å². The van der Waals surface area contributed by atoms with Crippen molar-refractivity contribution in [1.82, 2.24) is 9.88 Å². The number of benzene rings is 1. The first-order valence-electron chi connectivity index (χ1n) is 9.31. The van der Waals surface area contributed by atoms with E-state index >= 15 is 0 Å². The van der Waals surface area contributed by atoms with Crippen LogP contribution in [0.3, 0.4) is 0 Å². The quantitative estimate of drug-likeness (QED) is 0.606. The summed E-state index contributed by atoms with van der Waals surface area (Å²) >= 11 is 0. The van der Waals surface area contributed by atoms with Gasteiger partial charge in [-0.25, -0.2) is 4.79 Å². The van der Waals surface area contributed by atoms with E-state index < -0.39 is 12.0 Å². The normalized spacial score (nSPS) is 12.0. The van der Waals surface area contributed by atoms with Crippen LogP contribution in [0.2, 0.25) is 0 Å². The summed E-state index contributed by atoms with van der Waals surface area (Å²) in [5.74, 6) is -0.936. The number of aromatic amines is 1. The van der Waals surface area contributed by atoms with Crippen LogP contribution in [-0.2, 0) is 4.74 Å². The number of ether oxygens (including phenoxy) is 1. The average molecular weight is 384 g/mol. The number of aryl methyl sites for hydroxylation is 2. The first kappa shape index (κ1) is 21.4. The molecule has 6 heteroatoms. The summed E-state index contributed by atoms with van der Waals surface area (Å²) in [6.45, 7) is 10.9. The summed E-state index contributed by atoms with van der Waals surface area (Å²) in [4.78, 5) is 42.8. The van der Waals surface area contributed by atoms with Gasteiger partial charge >= 0.3 is 5.97 Å². The molecular formula is C22H28N2O4. The predicted molar refractivity (Wildman–Crippen MR) is 108 cm³/mol. The fraction of sp³-hybridized carbons (Fsp3) is 0.409. The Morgan fingerprint density at radius 3 is 2.07 bits per heavy atom. The third kappa shape index (κ3) is 4.01. The third-order valence-corrected chi connectivity index (χ3v) is 4.96. The van der Waals surface area contributed by atoms with E-state index in [1.54, 1.807) is 37.8 Å². The lowest BCUT2D eigenvalue weighted by Crippen LogP contribution is -2.47. The monoisotopic (exact) mass is 384 g/mol. The minimum Gasteiger partial charge on any atom is -0.464 e. The Kier molecular flexibility index (Phi) is 6.44. The number of rotatable bonds is 6. The second-order valence-corrected chi connectivity index (χ2v) is 7.33. The molecule has 1 amide bonds. The Morgan fingerprint density at radius 2 is 1.57 bits per heavy atom. The Hall–Kier alpha value is -2.89. The maximum atomic E-state index is 13.3. The molecule has 150 valence electrons. The zero-order valence-corrected chi connectivity index (χ0v) is 17.5. The highest BCUT2D eigenvalue weighted by Crippen LogP contribution is 2.23. The smallest absolute Gasteiger partial charge is 0.354 e. The number of ketones is 1. The Balaban J connectivity index is 2.41. The lowest BCUT2D eigenvalue weighted by atomic mass is 9.98. The predicted octanol–water partition coefficient (Wildman–Crippen LogP) is 3.85. The standard InChI is InChI=1S/C22H28N2O4/c1-12(2)24(21(26)17-10-8-13(3)9-11-17)16(6)20(25)18-14(4)19(22(27)28-7)23-15(18)5/h8-12,16,23H,1-7H3/t16-/m0/s1. The first-order valence-corrected chi connectivity index (χ1v) is 9.31. The van der Waals surface area contributed by atoms with Gasteiger partial charge in [-0.1, -0.05) is 17.7 Å². The third-order valence-electron chi connectivity index (χ3n) is 4.96. The number of nitrogens with zero attached hydrogens (tertiary/aromatic N) is 1. The summed E-state index contributed by atoms with van der Waals surface area (Å²) in [5.41, 5.74) is 3.41. The Labute approximate surface area is 165 Å². The Morgan fingerprint density at radius 1 is 1.00 bits per heavy atom. The van der Waals surface area contributed by atoms with Gasteiger partial charge in [0.25, 0.3) is 5.91 Å². The number of hydrogen-bond acceptors (Lipinski definition) is 4. The van der Waals surface area contributed by atoms with Crippen LogP contribution in [0.4, 0.5) is 0 Å². The van der Waals surface area contributed by atoms with E-state index in [-0.39, 0.29) is 23.4 Å². The van der Waals surface area contributed by atoms with Gasteiger partial charge in [0.15, 0.2) is 5.78 Å². The molecule has 2 aromatic rings. The van der Waals surface area contributed by atoms with E-state index in [9.17, 15) is 14.4 Å². The second-order valence-electron chi connectivity index (χ2n) is 7.33. The molecule has 28 heavy (non-hydrogen) atoms. The number of aromatic nitrogens is 1. The summed E-state index contributed by atoms with van der Waals surface area (Å²) < 4.78 is 4.77. The molecule has 0 aliphatic carbocycles. The van der Waals surface area contributed by atoms with E-state index in [1.165, 1.54) is 7.11 Å². The number of carbonyl (C=O) groups is 3. The number of amides is 1. The van der Waals surface area contributed by atoms with Crippen molar-refractivity contribution in [2.24, 2.45) is 0 Å². The molecule has 0 bridgehead atoms. The molecule has 1 atom stereocenters. The summed E-state index contributed by atoms with van der Waals surface area (Å²) in [5, 5.41) is 0. The van der Waals surface area contributed by atoms with Crippen molar-refractivity contribution in [2.45, 2.75) is 53.6 Å². The van der Waals surface area contributed by atoms with Gasteiger partial charge in [0.1, 0.15) is 5.69 Å². The number of Topliss-reactive ketones (excluding diaryl/α,β-unsaturated/α-hetero) is 1. The van der Waals surface area contributed by atoms with Crippen LogP contribution in [-0.4, -0.2) is 46.7 Å². The molecule has 1 N–H and O–H groups in total. The minimum absolute atomic E-state index is 0.174. The minimum atomic E-state index is -0.688. The van der Waals surface area contributed by atoms with Crippen LogP contribution < -0.4 is 0 Å². The van der Waals surface area contributed by atoms with Crippen LogP contribution in [0.25, 0.3) is 0 Å². The van der Waals surface area contributed by atoms with Gasteiger partial charge < -0.3 is 14.6 Å². The lowest BCUT2D eigenvalue weighted by Gasteiger charge is -2.32. The van der Waals surface area contributed by atoms with Gasteiger partial charge in [-0.15, -0.1) is 0 Å². The molecule has 0 aliphatic heterocycles. The van der Waals surface area contributed by atoms with Crippen LogP contribution in [0.1, 0.15) is 68.8 Å². The highest BCUT2D eigenvalue weighted by atomic mass is 16.5. The largest absolute Gasteiger partial charge is 0.464 e. The molecule has 0 aliphatic rings. The van der Waals surface area contributed by atoms with E-state index in [4.69, 9.17) is 4.74 Å². The molecule has 0 fully saturated rings. The zero-order chi connectivity index (χ0) is 21.2. The second kappa shape index (κ2) is 8.42. The number of methoxy groups -OCH3 is 1. The van der Waals surface area contributed by atoms with Gasteiger partial charge in [-0.3, -0.25) is 9.59 Å². The van der Waals surface area contributed by atoms with Crippen molar-refractivity contribution in [3.05, 3.63) is 57.9 Å². The first-order chi connectivity index (χ1) is 13.1. The van der Waals surface area contributed by atoms with Gasteiger partial charge in [0, 0.05) is 22.9 Å². The van der Waals surface area contributed by atoms with E-state index in [0.29, 0.717) is 22.4 Å². The van der Waals surface area contributed by atoms with Crippen molar-refractivity contribution >= 4 is 17.7 Å². The molecule has 2 rings (SSSR count). The average Bonchev–Trinajstić information content (AvgIpc) is 2.94. The van der Waals surface area contributed by atoms with E-state index in [1.807, 2.05) is 32.9 Å². The highest BCUT2D eigenvalue weighted by Gasteiger charge is 2.33. The maximum absolute atomic E-state index is 13.3. The molecule has 1 aromatic heterocycles. The fourth-order valence-electron chi connectivity index (χ4n) is 3.46. The molecule has 6 nitrogen and oxygen atoms in total. The summed E-state index contributed by atoms with van der Waals surface area (Å²) in [6, 6.07) is 6.43. The highest BCUT2D eigenvalue weighted by molar-refractivity contribution is 6.07.